The number of rotatable bonds is 1. The van der Waals surface area contributed by atoms with Gasteiger partial charge in [-0.3, -0.25) is 0 Å². The summed E-state index contributed by atoms with van der Waals surface area (Å²) in [6, 6.07) is 9.46. The van der Waals surface area contributed by atoms with Gasteiger partial charge in [0.05, 0.1) is 0 Å². The van der Waals surface area contributed by atoms with Crippen molar-refractivity contribution in [3.8, 4) is 5.75 Å². The van der Waals surface area contributed by atoms with Crippen molar-refractivity contribution < 1.29 is 10.1 Å². The van der Waals surface area contributed by atoms with E-state index in [0.29, 0.717) is 5.75 Å². The summed E-state index contributed by atoms with van der Waals surface area (Å²) in [5, 5.41) is 8.01. The van der Waals surface area contributed by atoms with Crippen molar-refractivity contribution in [3.63, 3.8) is 0 Å². The maximum atomic E-state index is 8.01. The summed E-state index contributed by atoms with van der Waals surface area (Å²) >= 11 is 0. The average Bonchev–Trinajstić information content (AvgIpc) is 1.90. The van der Waals surface area contributed by atoms with Crippen LogP contribution in [0.1, 0.15) is 0 Å². The Kier molecular flexibility index (Phi) is 1.49. The van der Waals surface area contributed by atoms with E-state index in [-0.39, 0.29) is 0 Å². The van der Waals surface area contributed by atoms with E-state index < -0.39 is 0 Å². The molecule has 0 fully saturated rings. The molecule has 0 atom stereocenters. The predicted molar refractivity (Wildman–Crippen MR) is 28.5 cm³/mol. The van der Waals surface area contributed by atoms with E-state index in [4.69, 9.17) is 5.26 Å². The van der Waals surface area contributed by atoms with Crippen LogP contribution in [-0.4, -0.2) is 5.26 Å². The first-order valence-corrected chi connectivity index (χ1v) is 2.21. The van der Waals surface area contributed by atoms with Gasteiger partial charge in [0.25, 0.3) is 0 Å². The van der Waals surface area contributed by atoms with Crippen molar-refractivity contribution in [1.29, 1.82) is 0 Å². The van der Waals surface area contributed by atoms with E-state index in [0.717, 1.165) is 0 Å². The molecule has 0 aliphatic heterocycles. The first-order chi connectivity index (χ1) is 3.93. The molecule has 0 aliphatic carbocycles. The van der Waals surface area contributed by atoms with Gasteiger partial charge in [0.1, 0.15) is 0 Å². The van der Waals surface area contributed by atoms with E-state index >= 15 is 0 Å². The van der Waals surface area contributed by atoms with Crippen LogP contribution in [0, 0.1) is 6.07 Å². The van der Waals surface area contributed by atoms with Crippen molar-refractivity contribution in [2.24, 2.45) is 0 Å². The minimum atomic E-state index is 0.340. The second kappa shape index (κ2) is 2.33. The van der Waals surface area contributed by atoms with Crippen LogP contribution < -0.4 is 4.89 Å². The minimum Gasteiger partial charge on any atom is -0.340 e. The highest BCUT2D eigenvalue weighted by molar-refractivity contribution is 5.18. The van der Waals surface area contributed by atoms with Gasteiger partial charge >= 0.3 is 0 Å². The number of benzene rings is 1. The Balaban J connectivity index is 2.83. The Morgan fingerprint density at radius 1 is 1.50 bits per heavy atom. The van der Waals surface area contributed by atoms with Crippen LogP contribution in [0.2, 0.25) is 0 Å². The quantitative estimate of drug-likeness (QED) is 0.435. The molecule has 1 N–H and O–H groups in total. The van der Waals surface area contributed by atoms with Crippen LogP contribution in [0.4, 0.5) is 0 Å². The second-order valence-electron chi connectivity index (χ2n) is 1.32. The predicted octanol–water partition coefficient (Wildman–Crippen LogP) is 1.34. The van der Waals surface area contributed by atoms with Crippen LogP contribution in [0.5, 0.6) is 5.75 Å². The molecule has 1 rings (SSSR count). The van der Waals surface area contributed by atoms with Gasteiger partial charge in [-0.05, 0) is 6.07 Å². The van der Waals surface area contributed by atoms with Crippen molar-refractivity contribution in [2.45, 2.75) is 0 Å². The van der Waals surface area contributed by atoms with E-state index in [1.165, 1.54) is 0 Å². The van der Waals surface area contributed by atoms with Gasteiger partial charge in [0, 0.05) is 6.07 Å². The molecule has 1 aromatic rings. The molecule has 2 heteroatoms. The molecule has 0 aromatic heterocycles. The highest BCUT2D eigenvalue weighted by Crippen LogP contribution is 2.04. The number of hydrogen-bond donors (Lipinski definition) is 1. The van der Waals surface area contributed by atoms with Gasteiger partial charge in [-0.15, -0.1) is 0 Å². The molecule has 0 saturated heterocycles. The Morgan fingerprint density at radius 2 is 2.38 bits per heavy atom. The van der Waals surface area contributed by atoms with E-state index in [1.54, 1.807) is 24.3 Å². The third kappa shape index (κ3) is 0.978. The van der Waals surface area contributed by atoms with Gasteiger partial charge in [0.2, 0.25) is 0 Å². The summed E-state index contributed by atoms with van der Waals surface area (Å²) in [5.74, 6) is 0.340. The zero-order chi connectivity index (χ0) is 5.82. The molecule has 0 aliphatic rings. The maximum absolute atomic E-state index is 8.01. The average molecular weight is 109 g/mol. The molecule has 0 bridgehead atoms. The van der Waals surface area contributed by atoms with Crippen LogP contribution in [-0.2, 0) is 0 Å². The van der Waals surface area contributed by atoms with Crippen LogP contribution in [0.15, 0.2) is 24.3 Å². The summed E-state index contributed by atoms with van der Waals surface area (Å²) in [4.78, 5) is 3.86. The monoisotopic (exact) mass is 109 g/mol. The number of hydrogen-bond acceptors (Lipinski definition) is 2. The Labute approximate surface area is 47.3 Å². The van der Waals surface area contributed by atoms with Crippen LogP contribution in [0.25, 0.3) is 0 Å². The Morgan fingerprint density at radius 3 is 2.75 bits per heavy atom. The zero-order valence-electron chi connectivity index (χ0n) is 4.16. The smallest absolute Gasteiger partial charge is 0.173 e. The molecule has 1 aromatic carbocycles. The lowest BCUT2D eigenvalue weighted by molar-refractivity contribution is -0.137. The first kappa shape index (κ1) is 5.12. The van der Waals surface area contributed by atoms with Crippen molar-refractivity contribution in [1.82, 2.24) is 0 Å². The van der Waals surface area contributed by atoms with Gasteiger partial charge in [0.15, 0.2) is 5.75 Å². The van der Waals surface area contributed by atoms with Crippen LogP contribution >= 0.6 is 0 Å². The molecule has 8 heavy (non-hydrogen) atoms. The highest BCUT2D eigenvalue weighted by Gasteiger charge is 1.83. The third-order valence-electron chi connectivity index (χ3n) is 0.779. The molecule has 0 heterocycles. The third-order valence-corrected chi connectivity index (χ3v) is 0.779. The van der Waals surface area contributed by atoms with Gasteiger partial charge in [-0.1, -0.05) is 18.2 Å². The summed E-state index contributed by atoms with van der Waals surface area (Å²) < 4.78 is 0. The fourth-order valence-electron chi connectivity index (χ4n) is 0.434. The molecule has 2 nitrogen and oxygen atoms in total. The topological polar surface area (TPSA) is 29.5 Å². The summed E-state index contributed by atoms with van der Waals surface area (Å²) in [6.45, 7) is 0. The fraction of sp³-hybridized carbons (Fsp3) is 0. The lowest BCUT2D eigenvalue weighted by Crippen LogP contribution is -1.80. The van der Waals surface area contributed by atoms with Crippen molar-refractivity contribution in [3.05, 3.63) is 30.3 Å². The van der Waals surface area contributed by atoms with Crippen molar-refractivity contribution >= 4 is 0 Å². The van der Waals surface area contributed by atoms with Crippen LogP contribution in [0.3, 0.4) is 0 Å². The SMILES string of the molecule is OOc1[c]cccc1. The normalized spacial score (nSPS) is 8.62. The Bertz CT molecular complexity index is 148. The summed E-state index contributed by atoms with van der Waals surface area (Å²) in [5.41, 5.74) is 0. The fourth-order valence-corrected chi connectivity index (χ4v) is 0.434. The highest BCUT2D eigenvalue weighted by atomic mass is 17.1. The largest absolute Gasteiger partial charge is 0.340 e. The van der Waals surface area contributed by atoms with E-state index in [9.17, 15) is 0 Å². The van der Waals surface area contributed by atoms with E-state index in [1.807, 2.05) is 0 Å². The first-order valence-electron chi connectivity index (χ1n) is 2.21. The Hall–Kier alpha value is -1.02. The minimum absolute atomic E-state index is 0.340. The lowest BCUT2D eigenvalue weighted by atomic mass is 10.3. The van der Waals surface area contributed by atoms with Crippen molar-refractivity contribution in [2.75, 3.05) is 0 Å². The second-order valence-corrected chi connectivity index (χ2v) is 1.32. The molecule has 41 valence electrons. The van der Waals surface area contributed by atoms with E-state index in [2.05, 4.69) is 11.0 Å². The standard InChI is InChI=1S/C6H5O2/c7-8-6-4-2-1-3-5-6/h1-4,7H. The van der Waals surface area contributed by atoms with Gasteiger partial charge in [-0.25, -0.2) is 5.26 Å². The molecular weight excluding hydrogens is 104 g/mol. The van der Waals surface area contributed by atoms with Gasteiger partial charge < -0.3 is 4.89 Å². The summed E-state index contributed by atoms with van der Waals surface area (Å²) in [6.07, 6.45) is 0. The molecule has 1 radical (unpaired) electrons. The molecule has 0 unspecified atom stereocenters. The summed E-state index contributed by atoms with van der Waals surface area (Å²) in [7, 11) is 0. The molecule has 0 amide bonds. The molecular formula is C6H5O2. The molecule has 0 saturated carbocycles. The zero-order valence-corrected chi connectivity index (χ0v) is 4.16. The maximum Gasteiger partial charge on any atom is 0.173 e. The lowest BCUT2D eigenvalue weighted by Gasteiger charge is -1.89. The van der Waals surface area contributed by atoms with Gasteiger partial charge in [-0.2, -0.15) is 0 Å². The number of para-hydroxylation sites is 1. The molecule has 0 spiro atoms.